The molecule has 0 saturated carbocycles. The lowest BCUT2D eigenvalue weighted by atomic mass is 9.84. The van der Waals surface area contributed by atoms with Crippen molar-refractivity contribution >= 4 is 49.3 Å². The van der Waals surface area contributed by atoms with Crippen LogP contribution in [0.5, 0.6) is 0 Å². The molecule has 3 heteroatoms. The van der Waals surface area contributed by atoms with Crippen LogP contribution in [0.15, 0.2) is 152 Å². The van der Waals surface area contributed by atoms with E-state index in [9.17, 15) is 0 Å². The van der Waals surface area contributed by atoms with Crippen molar-refractivity contribution in [1.82, 2.24) is 14.1 Å². The summed E-state index contributed by atoms with van der Waals surface area (Å²) in [6, 6.07) is 36.9. The first-order valence-corrected chi connectivity index (χ1v) is 14.6. The van der Waals surface area contributed by atoms with Gasteiger partial charge in [-0.3, -0.25) is 4.98 Å². The predicted molar refractivity (Wildman–Crippen MR) is 176 cm³/mol. The number of rotatable bonds is 3. The van der Waals surface area contributed by atoms with E-state index >= 15 is 0 Å². The molecular weight excluding hydrogens is 510 g/mol. The van der Waals surface area contributed by atoms with Gasteiger partial charge in [-0.25, -0.2) is 0 Å². The second-order valence-electron chi connectivity index (χ2n) is 11.2. The Labute approximate surface area is 243 Å². The van der Waals surface area contributed by atoms with Gasteiger partial charge >= 0.3 is 0 Å². The molecule has 0 saturated heterocycles. The third-order valence-electron chi connectivity index (χ3n) is 8.88. The zero-order valence-corrected chi connectivity index (χ0v) is 22.9. The lowest BCUT2D eigenvalue weighted by molar-refractivity contribution is 0.659. The zero-order chi connectivity index (χ0) is 27.6. The van der Waals surface area contributed by atoms with Gasteiger partial charge in [-0.15, -0.1) is 0 Å². The third-order valence-corrected chi connectivity index (χ3v) is 8.88. The summed E-state index contributed by atoms with van der Waals surface area (Å²) in [4.78, 5) is 5.12. The first-order chi connectivity index (χ1) is 20.8. The summed E-state index contributed by atoms with van der Waals surface area (Å²) in [5.74, 6) is 0.803. The second-order valence-corrected chi connectivity index (χ2v) is 11.2. The van der Waals surface area contributed by atoms with Gasteiger partial charge < -0.3 is 9.13 Å². The molecule has 42 heavy (non-hydrogen) atoms. The molecule has 3 heterocycles. The van der Waals surface area contributed by atoms with E-state index in [4.69, 9.17) is 4.98 Å². The molecule has 2 aliphatic rings. The van der Waals surface area contributed by atoms with Crippen LogP contribution in [0.25, 0.3) is 66.3 Å². The minimum atomic E-state index is 0.375. The van der Waals surface area contributed by atoms with E-state index in [-0.39, 0.29) is 0 Å². The molecule has 0 N–H and O–H groups in total. The normalized spacial score (nSPS) is 17.9. The number of allylic oxidation sites excluding steroid dienone is 8. The quantitative estimate of drug-likeness (QED) is 0.220. The second kappa shape index (κ2) is 9.05. The van der Waals surface area contributed by atoms with Crippen molar-refractivity contribution in [2.24, 2.45) is 11.8 Å². The number of hydrogen-bond donors (Lipinski definition) is 0. The van der Waals surface area contributed by atoms with Crippen LogP contribution < -0.4 is 0 Å². The van der Waals surface area contributed by atoms with Gasteiger partial charge in [0.25, 0.3) is 0 Å². The van der Waals surface area contributed by atoms with Crippen LogP contribution in [-0.2, 0) is 0 Å². The molecule has 3 nitrogen and oxygen atoms in total. The number of aromatic nitrogens is 3. The van der Waals surface area contributed by atoms with Gasteiger partial charge in [0.2, 0.25) is 0 Å². The SMILES string of the molecule is C1=CC2C=CC(n3c4ccccc4c4c(-c5cc6c7ccccc7n(-c7ccccc7)c6cn5)cccc43)=CC2C=C1. The average Bonchev–Trinajstić information content (AvgIpc) is 3.58. The van der Waals surface area contributed by atoms with E-state index in [1.807, 2.05) is 6.20 Å². The van der Waals surface area contributed by atoms with Gasteiger partial charge in [0, 0.05) is 50.3 Å². The van der Waals surface area contributed by atoms with E-state index in [1.54, 1.807) is 0 Å². The molecule has 0 fully saturated rings. The predicted octanol–water partition coefficient (Wildman–Crippen LogP) is 9.72. The van der Waals surface area contributed by atoms with Crippen LogP contribution in [0.1, 0.15) is 0 Å². The number of nitrogens with zero attached hydrogens (tertiary/aromatic N) is 3. The summed E-state index contributed by atoms with van der Waals surface area (Å²) >= 11 is 0. The summed E-state index contributed by atoms with van der Waals surface area (Å²) < 4.78 is 4.74. The van der Waals surface area contributed by atoms with Crippen molar-refractivity contribution in [1.29, 1.82) is 0 Å². The topological polar surface area (TPSA) is 22.8 Å². The minimum absolute atomic E-state index is 0.375. The Morgan fingerprint density at radius 1 is 0.548 bits per heavy atom. The van der Waals surface area contributed by atoms with Crippen LogP contribution in [-0.4, -0.2) is 14.1 Å². The van der Waals surface area contributed by atoms with Crippen LogP contribution in [0.2, 0.25) is 0 Å². The standard InChI is InChI=1S/C39H27N3/c1-2-13-28(14-3-1)41-35-18-8-6-15-30(35)33-24-34(40-25-38(33)41)31-17-10-20-37-39(31)32-16-7-9-19-36(32)42(37)29-22-21-26-11-4-5-12-27(26)23-29/h1-27H. The number of hydrogen-bond acceptors (Lipinski definition) is 1. The maximum atomic E-state index is 5.12. The lowest BCUT2D eigenvalue weighted by Crippen LogP contribution is -2.13. The molecule has 198 valence electrons. The molecule has 7 aromatic rings. The van der Waals surface area contributed by atoms with Gasteiger partial charge in [0.15, 0.2) is 0 Å². The maximum Gasteiger partial charge on any atom is 0.0724 e. The van der Waals surface area contributed by atoms with Crippen molar-refractivity contribution in [3.05, 3.63) is 152 Å². The summed E-state index contributed by atoms with van der Waals surface area (Å²) in [5.41, 5.74) is 9.21. The highest BCUT2D eigenvalue weighted by atomic mass is 15.0. The summed E-state index contributed by atoms with van der Waals surface area (Å²) in [6.45, 7) is 0. The average molecular weight is 538 g/mol. The fourth-order valence-corrected chi connectivity index (χ4v) is 6.99. The molecule has 9 rings (SSSR count). The smallest absolute Gasteiger partial charge is 0.0724 e. The van der Waals surface area contributed by atoms with Crippen LogP contribution in [0.4, 0.5) is 0 Å². The Bertz CT molecular complexity index is 2310. The molecule has 3 aromatic heterocycles. The largest absolute Gasteiger partial charge is 0.310 e. The molecular formula is C39H27N3. The Morgan fingerprint density at radius 3 is 2.12 bits per heavy atom. The van der Waals surface area contributed by atoms with Gasteiger partial charge in [0.05, 0.1) is 34.0 Å². The van der Waals surface area contributed by atoms with E-state index in [0.717, 1.165) is 22.5 Å². The Morgan fingerprint density at radius 2 is 1.26 bits per heavy atom. The van der Waals surface area contributed by atoms with E-state index in [2.05, 4.69) is 155 Å². The zero-order valence-electron chi connectivity index (χ0n) is 22.9. The Balaban J connectivity index is 1.29. The molecule has 0 aliphatic heterocycles. The highest BCUT2D eigenvalue weighted by Crippen LogP contribution is 2.41. The van der Waals surface area contributed by atoms with E-state index in [1.165, 1.54) is 43.8 Å². The molecule has 0 spiro atoms. The van der Waals surface area contributed by atoms with Crippen molar-refractivity contribution < 1.29 is 0 Å². The van der Waals surface area contributed by atoms with Crippen molar-refractivity contribution in [3.63, 3.8) is 0 Å². The molecule has 2 aliphatic carbocycles. The molecule has 2 atom stereocenters. The minimum Gasteiger partial charge on any atom is -0.310 e. The van der Waals surface area contributed by atoms with Gasteiger partial charge in [-0.1, -0.05) is 103 Å². The van der Waals surface area contributed by atoms with Gasteiger partial charge in [0.1, 0.15) is 0 Å². The van der Waals surface area contributed by atoms with Crippen molar-refractivity contribution in [2.75, 3.05) is 0 Å². The molecule has 2 unspecified atom stereocenters. The van der Waals surface area contributed by atoms with Gasteiger partial charge in [-0.05, 0) is 42.5 Å². The Hall–Kier alpha value is -5.41. The number of para-hydroxylation sites is 3. The molecule has 0 amide bonds. The van der Waals surface area contributed by atoms with Crippen molar-refractivity contribution in [3.8, 4) is 16.9 Å². The van der Waals surface area contributed by atoms with E-state index in [0.29, 0.717) is 11.8 Å². The third kappa shape index (κ3) is 3.37. The molecule has 4 aromatic carbocycles. The summed E-state index contributed by atoms with van der Waals surface area (Å²) in [5, 5.41) is 4.92. The molecule has 0 radical (unpaired) electrons. The summed E-state index contributed by atoms with van der Waals surface area (Å²) in [7, 11) is 0. The van der Waals surface area contributed by atoms with E-state index < -0.39 is 0 Å². The fourth-order valence-electron chi connectivity index (χ4n) is 6.99. The van der Waals surface area contributed by atoms with Crippen LogP contribution in [0, 0.1) is 11.8 Å². The highest BCUT2D eigenvalue weighted by molar-refractivity contribution is 6.17. The number of pyridine rings is 1. The fraction of sp³-hybridized carbons (Fsp3) is 0.0513. The van der Waals surface area contributed by atoms with Crippen LogP contribution in [0.3, 0.4) is 0 Å². The molecule has 0 bridgehead atoms. The van der Waals surface area contributed by atoms with Gasteiger partial charge in [-0.2, -0.15) is 0 Å². The lowest BCUT2D eigenvalue weighted by Gasteiger charge is -2.24. The number of benzene rings is 4. The first kappa shape index (κ1) is 23.3. The van der Waals surface area contributed by atoms with Crippen LogP contribution >= 0.6 is 0 Å². The van der Waals surface area contributed by atoms with Crippen molar-refractivity contribution in [2.45, 2.75) is 0 Å². The number of fused-ring (bicyclic) bond motifs is 7. The highest BCUT2D eigenvalue weighted by Gasteiger charge is 2.22. The Kier molecular flexibility index (Phi) is 5.02. The summed E-state index contributed by atoms with van der Waals surface area (Å²) in [6.07, 6.45) is 18.0. The monoisotopic (exact) mass is 537 g/mol. The first-order valence-electron chi connectivity index (χ1n) is 14.6. The maximum absolute atomic E-state index is 5.12.